The Hall–Kier alpha value is -0.0200. The summed E-state index contributed by atoms with van der Waals surface area (Å²) in [6.45, 7) is 5.85. The fourth-order valence-corrected chi connectivity index (χ4v) is 4.91. The highest BCUT2D eigenvalue weighted by atomic mass is 32.3. The topological polar surface area (TPSA) is 80.7 Å². The number of hydrogen-bond acceptors (Lipinski definition) is 4. The summed E-state index contributed by atoms with van der Waals surface area (Å²) in [6, 6.07) is 0. The van der Waals surface area contributed by atoms with Crippen LogP contribution in [0, 0.1) is 0 Å². The lowest BCUT2D eigenvalue weighted by Crippen LogP contribution is -2.53. The van der Waals surface area contributed by atoms with Crippen LogP contribution in [0.5, 0.6) is 0 Å². The Bertz CT molecular complexity index is 487. The maximum absolute atomic E-state index is 11.4. The van der Waals surface area contributed by atoms with Crippen molar-refractivity contribution in [3.63, 3.8) is 0 Å². The molecule has 170 valence electrons. The van der Waals surface area contributed by atoms with Crippen LogP contribution < -0.4 is 0 Å². The van der Waals surface area contributed by atoms with E-state index in [1.807, 2.05) is 0 Å². The molecule has 0 saturated carbocycles. The van der Waals surface area contributed by atoms with Gasteiger partial charge in [0.15, 0.2) is 0 Å². The summed E-state index contributed by atoms with van der Waals surface area (Å²) in [5.74, 6) is 1.85. The molecule has 0 aromatic rings. The van der Waals surface area contributed by atoms with Gasteiger partial charge in [-0.1, -0.05) is 71.1 Å². The van der Waals surface area contributed by atoms with E-state index >= 15 is 0 Å². The van der Waals surface area contributed by atoms with Gasteiger partial charge in [-0.2, -0.15) is 8.42 Å². The third-order valence-corrected chi connectivity index (χ3v) is 7.18. The molecule has 1 aliphatic rings. The van der Waals surface area contributed by atoms with Crippen molar-refractivity contribution in [2.75, 3.05) is 45.3 Å². The molecule has 1 aliphatic heterocycles. The summed E-state index contributed by atoms with van der Waals surface area (Å²) in [7, 11) is -1.45. The van der Waals surface area contributed by atoms with Gasteiger partial charge in [-0.05, 0) is 12.8 Å². The highest BCUT2D eigenvalue weighted by molar-refractivity contribution is 7.85. The van der Waals surface area contributed by atoms with E-state index in [1.165, 1.54) is 88.1 Å². The summed E-state index contributed by atoms with van der Waals surface area (Å²) in [6.07, 6.45) is 17.1. The van der Waals surface area contributed by atoms with Crippen LogP contribution in [0.1, 0.15) is 84.0 Å². The first-order valence-electron chi connectivity index (χ1n) is 10.9. The minimum absolute atomic E-state index is 0.519. The van der Waals surface area contributed by atoms with Crippen molar-refractivity contribution in [3.8, 4) is 0 Å². The molecule has 6 nitrogen and oxygen atoms in total. The molecule has 1 heterocycles. The normalized spacial score (nSPS) is 22.5. The van der Waals surface area contributed by atoms with Crippen LogP contribution in [0.15, 0.2) is 0 Å². The molecule has 0 amide bonds. The first-order valence-corrected chi connectivity index (χ1v) is 13.8. The van der Waals surface area contributed by atoms with Crippen LogP contribution in [0.2, 0.25) is 0 Å². The molecule has 8 heteroatoms. The van der Waals surface area contributed by atoms with E-state index in [1.54, 1.807) is 0 Å². The lowest BCUT2D eigenvalue weighted by atomic mass is 10.1. The number of quaternary nitrogens is 1. The van der Waals surface area contributed by atoms with Crippen LogP contribution in [0.4, 0.5) is 0 Å². The maximum atomic E-state index is 11.4. The lowest BCUT2D eigenvalue weighted by molar-refractivity contribution is -0.906. The average Bonchev–Trinajstić information content (AvgIpc) is 2.65. The van der Waals surface area contributed by atoms with Gasteiger partial charge < -0.3 is 4.48 Å². The zero-order valence-electron chi connectivity index (χ0n) is 18.4. The number of rotatable bonds is 14. The van der Waals surface area contributed by atoms with Gasteiger partial charge in [0.1, 0.15) is 0 Å². The second-order valence-corrected chi connectivity index (χ2v) is 11.0. The van der Waals surface area contributed by atoms with Crippen molar-refractivity contribution < 1.29 is 25.8 Å². The van der Waals surface area contributed by atoms with Crippen molar-refractivity contribution in [2.24, 2.45) is 0 Å². The van der Waals surface area contributed by atoms with Gasteiger partial charge >= 0.3 is 10.4 Å². The van der Waals surface area contributed by atoms with Gasteiger partial charge in [0.2, 0.25) is 0 Å². The van der Waals surface area contributed by atoms with Gasteiger partial charge in [-0.25, -0.2) is 0 Å². The fraction of sp³-hybridized carbons (Fsp3) is 1.00. The van der Waals surface area contributed by atoms with Gasteiger partial charge in [0.05, 0.1) is 45.3 Å². The van der Waals surface area contributed by atoms with Crippen molar-refractivity contribution in [1.29, 1.82) is 0 Å². The molecule has 0 radical (unpaired) electrons. The van der Waals surface area contributed by atoms with Crippen LogP contribution in [-0.2, 0) is 25.4 Å². The second kappa shape index (κ2) is 16.7. The van der Waals surface area contributed by atoms with Gasteiger partial charge in [0, 0.05) is 10.8 Å². The lowest BCUT2D eigenvalue weighted by Gasteiger charge is -2.37. The molecule has 0 aliphatic carbocycles. The molecule has 0 aromatic heterocycles. The largest absolute Gasteiger partial charge is 0.397 e. The molecule has 1 rings (SSSR count). The SMILES string of the molecule is CCCCCCCCCCCCCC[N+]1(C)CCS(=O)CC1.COS(=O)(=O)O. The quantitative estimate of drug-likeness (QED) is 0.246. The summed E-state index contributed by atoms with van der Waals surface area (Å²) in [5, 5.41) is 0. The molecular weight excluding hydrogens is 398 g/mol. The predicted molar refractivity (Wildman–Crippen MR) is 118 cm³/mol. The first-order chi connectivity index (χ1) is 13.2. The van der Waals surface area contributed by atoms with E-state index < -0.39 is 21.2 Å². The van der Waals surface area contributed by atoms with Crippen LogP contribution in [-0.4, -0.2) is 67.0 Å². The molecule has 0 bridgehead atoms. The van der Waals surface area contributed by atoms with Gasteiger partial charge in [-0.3, -0.25) is 12.9 Å². The first kappa shape index (κ1) is 28.0. The molecule has 0 spiro atoms. The number of unbranched alkanes of at least 4 members (excludes halogenated alkanes) is 11. The Labute approximate surface area is 176 Å². The maximum Gasteiger partial charge on any atom is 0.397 e. The Morgan fingerprint density at radius 1 is 0.857 bits per heavy atom. The highest BCUT2D eigenvalue weighted by Crippen LogP contribution is 2.14. The Morgan fingerprint density at radius 3 is 1.57 bits per heavy atom. The van der Waals surface area contributed by atoms with Gasteiger partial charge in [0.25, 0.3) is 0 Å². The van der Waals surface area contributed by atoms with Crippen LogP contribution in [0.3, 0.4) is 0 Å². The molecule has 0 aromatic carbocycles. The molecule has 1 fully saturated rings. The van der Waals surface area contributed by atoms with E-state index in [2.05, 4.69) is 18.2 Å². The van der Waals surface area contributed by atoms with E-state index in [4.69, 9.17) is 4.55 Å². The highest BCUT2D eigenvalue weighted by Gasteiger charge is 2.27. The monoisotopic (exact) mass is 442 g/mol. The molecule has 0 atom stereocenters. The average molecular weight is 443 g/mol. The van der Waals surface area contributed by atoms with Crippen molar-refractivity contribution in [1.82, 2.24) is 0 Å². The Balaban J connectivity index is 0.00000105. The summed E-state index contributed by atoms with van der Waals surface area (Å²) >= 11 is 0. The van der Waals surface area contributed by atoms with E-state index in [0.29, 0.717) is 0 Å². The predicted octanol–water partition coefficient (Wildman–Crippen LogP) is 4.33. The minimum Gasteiger partial charge on any atom is -0.325 e. The zero-order chi connectivity index (χ0) is 21.3. The number of hydrogen-bond donors (Lipinski definition) is 1. The third-order valence-electron chi connectivity index (χ3n) is 5.48. The van der Waals surface area contributed by atoms with Crippen molar-refractivity contribution >= 4 is 21.2 Å². The molecule has 28 heavy (non-hydrogen) atoms. The summed E-state index contributed by atoms with van der Waals surface area (Å²) < 4.78 is 42.3. The van der Waals surface area contributed by atoms with Crippen LogP contribution in [0.25, 0.3) is 0 Å². The fourth-order valence-electron chi connectivity index (χ4n) is 3.42. The second-order valence-electron chi connectivity index (χ2n) is 8.12. The number of nitrogens with zero attached hydrogens (tertiary/aromatic N) is 1. The molecular formula is C20H44NO5S2+. The summed E-state index contributed by atoms with van der Waals surface area (Å²) in [5.41, 5.74) is 0. The molecule has 1 saturated heterocycles. The van der Waals surface area contributed by atoms with E-state index in [9.17, 15) is 12.6 Å². The molecule has 1 N–H and O–H groups in total. The Kier molecular flexibility index (Phi) is 16.7. The molecule has 0 unspecified atom stereocenters. The smallest absolute Gasteiger partial charge is 0.325 e. The minimum atomic E-state index is -4.16. The summed E-state index contributed by atoms with van der Waals surface area (Å²) in [4.78, 5) is 0. The van der Waals surface area contributed by atoms with Crippen LogP contribution >= 0.6 is 0 Å². The van der Waals surface area contributed by atoms with Crippen molar-refractivity contribution in [3.05, 3.63) is 0 Å². The Morgan fingerprint density at radius 2 is 1.21 bits per heavy atom. The van der Waals surface area contributed by atoms with Crippen molar-refractivity contribution in [2.45, 2.75) is 84.0 Å². The third kappa shape index (κ3) is 18.0. The standard InChI is InChI=1S/C19H40NOS.CH4O4S/c1-3-4-5-6-7-8-9-10-11-12-13-14-15-20(2)16-18-22(21)19-17-20;1-5-6(2,3)4/h3-19H2,1-2H3;1H3,(H,2,3,4)/q+1;. The van der Waals surface area contributed by atoms with E-state index in [0.717, 1.165) is 31.7 Å². The zero-order valence-corrected chi connectivity index (χ0v) is 20.0. The van der Waals surface area contributed by atoms with Gasteiger partial charge in [-0.15, -0.1) is 0 Å². The van der Waals surface area contributed by atoms with E-state index in [-0.39, 0.29) is 0 Å².